The van der Waals surface area contributed by atoms with Crippen molar-refractivity contribution in [3.63, 3.8) is 0 Å². The van der Waals surface area contributed by atoms with E-state index in [9.17, 15) is 0 Å². The Morgan fingerprint density at radius 2 is 0.278 bits per heavy atom. The molecule has 0 aliphatic carbocycles. The van der Waals surface area contributed by atoms with E-state index in [4.69, 9.17) is 0 Å². The van der Waals surface area contributed by atoms with Crippen molar-refractivity contribution in [2.45, 2.75) is 287 Å². The van der Waals surface area contributed by atoms with Gasteiger partial charge in [0, 0.05) is 14.5 Å². The molecule has 0 unspecified atom stereocenters. The summed E-state index contributed by atoms with van der Waals surface area (Å²) < 4.78 is 0. The molecule has 54 heavy (non-hydrogen) atoms. The summed E-state index contributed by atoms with van der Waals surface area (Å²) in [5, 5.41) is 0. The quantitative estimate of drug-likeness (QED) is 0.0425. The molecule has 0 aromatic carbocycles. The lowest BCUT2D eigenvalue weighted by Crippen LogP contribution is -2.13. The van der Waals surface area contributed by atoms with Gasteiger partial charge in [0.15, 0.2) is 0 Å². The minimum Gasteiger partial charge on any atom is -0.0654 e. The number of hydrogen-bond donors (Lipinski definition) is 0. The van der Waals surface area contributed by atoms with Gasteiger partial charge in [-0.1, -0.05) is 222 Å². The van der Waals surface area contributed by atoms with Crippen molar-refractivity contribution in [3.05, 3.63) is 0 Å². The van der Waals surface area contributed by atoms with Crippen LogP contribution in [0.2, 0.25) is 0 Å². The first-order valence-corrected chi connectivity index (χ1v) is 31.2. The molecule has 0 saturated heterocycles. The Morgan fingerprint density at radius 3 is 0.444 bits per heavy atom. The van der Waals surface area contributed by atoms with E-state index < -0.39 is 14.5 Å². The zero-order valence-electron chi connectivity index (χ0n) is 40.0. The van der Waals surface area contributed by atoms with Crippen molar-refractivity contribution in [2.75, 3.05) is 49.3 Å². The summed E-state index contributed by atoms with van der Waals surface area (Å²) in [5.74, 6) is 0. The van der Waals surface area contributed by atoms with Crippen LogP contribution in [0.3, 0.4) is 0 Å². The van der Waals surface area contributed by atoms with E-state index >= 15 is 0 Å². The monoisotopic (exact) mass is 799 g/mol. The van der Waals surface area contributed by atoms with Crippen molar-refractivity contribution in [3.8, 4) is 0 Å². The zero-order valence-corrected chi connectivity index (χ0v) is 41.8. The highest BCUT2D eigenvalue weighted by Gasteiger charge is 2.35. The summed E-state index contributed by atoms with van der Waals surface area (Å²) >= 11 is 0. The van der Waals surface area contributed by atoms with Crippen molar-refractivity contribution in [2.24, 2.45) is 0 Å². The Balaban J connectivity index is 0. The molecule has 0 bridgehead atoms. The second kappa shape index (κ2) is 46.5. The fourth-order valence-electron chi connectivity index (χ4n) is 8.88. The maximum atomic E-state index is 2.39. The highest BCUT2D eigenvalue weighted by molar-refractivity contribution is 7.76. The van der Waals surface area contributed by atoms with Gasteiger partial charge in [-0.05, 0) is 64.2 Å². The minimum absolute atomic E-state index is 0.620. The molecule has 0 N–H and O–H groups in total. The molecule has 0 saturated carbocycles. The molecule has 0 aromatic rings. The van der Waals surface area contributed by atoms with Gasteiger partial charge < -0.3 is 0 Å². The van der Waals surface area contributed by atoms with E-state index in [-0.39, 0.29) is 0 Å². The Bertz CT molecular complexity index is 615. The van der Waals surface area contributed by atoms with Crippen LogP contribution in [0.1, 0.15) is 287 Å². The molecule has 0 radical (unpaired) electrons. The van der Waals surface area contributed by atoms with Gasteiger partial charge in [0.05, 0.1) is 49.3 Å². The highest BCUT2D eigenvalue weighted by atomic mass is 31.2. The second-order valence-electron chi connectivity index (χ2n) is 18.4. The summed E-state index contributed by atoms with van der Waals surface area (Å²) in [6.45, 7) is 18.9. The van der Waals surface area contributed by atoms with Gasteiger partial charge in [-0.3, -0.25) is 0 Å². The third-order valence-corrected chi connectivity index (χ3v) is 23.0. The Hall–Kier alpha value is 0.860. The summed E-state index contributed by atoms with van der Waals surface area (Å²) in [7, 11) is -1.25. The summed E-state index contributed by atoms with van der Waals surface area (Å²) in [6.07, 6.45) is 65.9. The molecule has 0 amide bonds. The predicted octanol–water partition coefficient (Wildman–Crippen LogP) is 20.2. The highest BCUT2D eigenvalue weighted by Crippen LogP contribution is 2.62. The molecular formula is C52H112P2+2. The first-order chi connectivity index (χ1) is 26.5. The van der Waals surface area contributed by atoms with E-state index in [0.29, 0.717) is 0 Å². The third-order valence-electron chi connectivity index (χ3n) is 12.9. The van der Waals surface area contributed by atoms with Crippen molar-refractivity contribution < 1.29 is 0 Å². The summed E-state index contributed by atoms with van der Waals surface area (Å²) in [5.41, 5.74) is 0. The molecule has 0 spiro atoms. The number of rotatable bonds is 44. The van der Waals surface area contributed by atoms with E-state index in [0.717, 1.165) is 0 Å². The van der Waals surface area contributed by atoms with E-state index in [1.54, 1.807) is 62.1 Å². The standard InChI is InChI=1S/C28H60P.C24H52P/c1-5-9-13-14-15-16-17-18-19-20-21-22-23-24-28-29(25-10-6-2,26-11-7-3)27-12-8-4;1-5-9-13-14-15-16-17-18-19-20-24-25(21-10-6-2,22-11-7-3)23-12-8-4/h5-28H2,1-4H3;5-24H2,1-4H3/q2*+1. The van der Waals surface area contributed by atoms with Gasteiger partial charge in [-0.15, -0.1) is 0 Å². The topological polar surface area (TPSA) is 0 Å². The van der Waals surface area contributed by atoms with Crippen LogP contribution in [0.25, 0.3) is 0 Å². The van der Waals surface area contributed by atoms with Crippen molar-refractivity contribution >= 4 is 14.5 Å². The molecule has 0 aliphatic heterocycles. The Morgan fingerprint density at radius 1 is 0.148 bits per heavy atom. The maximum Gasteiger partial charge on any atom is 0.0594 e. The van der Waals surface area contributed by atoms with Crippen LogP contribution in [-0.2, 0) is 0 Å². The Kier molecular flexibility index (Phi) is 49.1. The normalized spacial score (nSPS) is 12.0. The maximum absolute atomic E-state index is 2.39. The molecule has 0 aromatic heterocycles. The second-order valence-corrected chi connectivity index (χ2v) is 27.3. The largest absolute Gasteiger partial charge is 0.0654 e. The summed E-state index contributed by atoms with van der Waals surface area (Å²) in [4.78, 5) is 0. The molecule has 2 heteroatoms. The third kappa shape index (κ3) is 38.4. The molecule has 0 nitrogen and oxygen atoms in total. The molecule has 328 valence electrons. The molecule has 0 aliphatic rings. The SMILES string of the molecule is CCCCCCCCCCCCCCCC[P+](CCCC)(CCCC)CCCC.CCCCCCCCCCCC[P+](CCCC)(CCCC)CCCC. The average molecular weight is 799 g/mol. The lowest BCUT2D eigenvalue weighted by atomic mass is 10.0. The molecular weight excluding hydrogens is 687 g/mol. The first-order valence-electron chi connectivity index (χ1n) is 26.2. The number of hydrogen-bond acceptors (Lipinski definition) is 0. The van der Waals surface area contributed by atoms with Crippen LogP contribution >= 0.6 is 14.5 Å². The lowest BCUT2D eigenvalue weighted by Gasteiger charge is -2.28. The van der Waals surface area contributed by atoms with Gasteiger partial charge in [-0.2, -0.15) is 0 Å². The van der Waals surface area contributed by atoms with Crippen LogP contribution in [0, 0.1) is 0 Å². The Labute approximate surface area is 349 Å². The number of unbranched alkanes of at least 4 members (excludes halogenated alkanes) is 28. The zero-order chi connectivity index (χ0) is 40.1. The van der Waals surface area contributed by atoms with Crippen LogP contribution in [0.5, 0.6) is 0 Å². The first kappa shape index (κ1) is 57.0. The van der Waals surface area contributed by atoms with Crippen LogP contribution in [-0.4, -0.2) is 49.3 Å². The lowest BCUT2D eigenvalue weighted by molar-refractivity contribution is 0.538. The van der Waals surface area contributed by atoms with Crippen molar-refractivity contribution in [1.29, 1.82) is 0 Å². The van der Waals surface area contributed by atoms with Gasteiger partial charge in [-0.25, -0.2) is 0 Å². The molecule has 0 rings (SSSR count). The summed E-state index contributed by atoms with van der Waals surface area (Å²) in [6, 6.07) is 0. The van der Waals surface area contributed by atoms with E-state index in [1.165, 1.54) is 218 Å². The van der Waals surface area contributed by atoms with Crippen LogP contribution in [0.15, 0.2) is 0 Å². The van der Waals surface area contributed by atoms with Gasteiger partial charge in [0.1, 0.15) is 0 Å². The minimum atomic E-state index is -0.630. The van der Waals surface area contributed by atoms with E-state index in [2.05, 4.69) is 55.4 Å². The molecule has 0 heterocycles. The van der Waals surface area contributed by atoms with Gasteiger partial charge >= 0.3 is 0 Å². The van der Waals surface area contributed by atoms with Crippen LogP contribution in [0.4, 0.5) is 0 Å². The molecule has 0 atom stereocenters. The smallest absolute Gasteiger partial charge is 0.0594 e. The fourth-order valence-corrected chi connectivity index (χ4v) is 19.3. The molecule has 0 fully saturated rings. The van der Waals surface area contributed by atoms with E-state index in [1.807, 2.05) is 0 Å². The van der Waals surface area contributed by atoms with Gasteiger partial charge in [0.25, 0.3) is 0 Å². The van der Waals surface area contributed by atoms with Gasteiger partial charge in [0.2, 0.25) is 0 Å². The fraction of sp³-hybridized carbons (Fsp3) is 1.00. The predicted molar refractivity (Wildman–Crippen MR) is 264 cm³/mol. The average Bonchev–Trinajstić information content (AvgIpc) is 3.19. The van der Waals surface area contributed by atoms with Crippen molar-refractivity contribution in [1.82, 2.24) is 0 Å². The van der Waals surface area contributed by atoms with Crippen LogP contribution < -0.4 is 0 Å².